The molecule has 0 saturated carbocycles. The molecule has 1 aliphatic heterocycles. The molecule has 1 heterocycles. The first-order chi connectivity index (χ1) is 19.6. The van der Waals surface area contributed by atoms with Crippen LogP contribution >= 0.6 is 11.6 Å². The average Bonchev–Trinajstić information content (AvgIpc) is 3.15. The zero-order chi connectivity index (χ0) is 29.6. The van der Waals surface area contributed by atoms with Crippen molar-refractivity contribution < 1.29 is 22.8 Å². The van der Waals surface area contributed by atoms with Gasteiger partial charge in [-0.3, -0.25) is 14.4 Å². The van der Waals surface area contributed by atoms with E-state index in [4.69, 9.17) is 11.6 Å². The van der Waals surface area contributed by atoms with Gasteiger partial charge in [0.15, 0.2) is 0 Å². The molecule has 0 saturated heterocycles. The first-order valence-electron chi connectivity index (χ1n) is 13.7. The molecular weight excluding hydrogens is 562 g/mol. The van der Waals surface area contributed by atoms with E-state index in [2.05, 4.69) is 5.32 Å². The standard InChI is InChI=1S/C31H34ClN3O5S/c1-3-22(2)33-30(37)27(20-23-11-5-4-6-12-23)34(21-24-13-9-14-25(32)19-24)29(36)17-10-18-35-31(38)26-15-7-8-16-28(26)41(35,39)40/h4-9,11-16,19,22,27H,3,10,17-18,20-21H2,1-2H3,(H,33,37). The second kappa shape index (κ2) is 13.3. The number of rotatable bonds is 12. The van der Waals surface area contributed by atoms with E-state index in [-0.39, 0.29) is 54.2 Å². The van der Waals surface area contributed by atoms with Crippen molar-refractivity contribution in [3.8, 4) is 0 Å². The molecule has 0 bridgehead atoms. The summed E-state index contributed by atoms with van der Waals surface area (Å²) in [5, 5.41) is 3.53. The van der Waals surface area contributed by atoms with Crippen LogP contribution in [0.5, 0.6) is 0 Å². The predicted molar refractivity (Wildman–Crippen MR) is 158 cm³/mol. The van der Waals surface area contributed by atoms with Crippen LogP contribution in [0.2, 0.25) is 5.02 Å². The Kier molecular flexibility index (Phi) is 9.83. The fraction of sp³-hybridized carbons (Fsp3) is 0.323. The number of fused-ring (bicyclic) bond motifs is 1. The molecule has 10 heteroatoms. The maximum Gasteiger partial charge on any atom is 0.269 e. The normalized spacial score (nSPS) is 15.2. The molecule has 0 radical (unpaired) electrons. The lowest BCUT2D eigenvalue weighted by Gasteiger charge is -2.32. The Morgan fingerprint density at radius 1 is 0.976 bits per heavy atom. The molecule has 2 unspecified atom stereocenters. The van der Waals surface area contributed by atoms with Crippen LogP contribution in [0, 0.1) is 0 Å². The first-order valence-corrected chi connectivity index (χ1v) is 15.5. The van der Waals surface area contributed by atoms with Gasteiger partial charge < -0.3 is 10.2 Å². The fourth-order valence-corrected chi connectivity index (χ4v) is 6.62. The van der Waals surface area contributed by atoms with E-state index in [1.807, 2.05) is 50.2 Å². The Hall–Kier alpha value is -3.69. The SMILES string of the molecule is CCC(C)NC(=O)C(Cc1ccccc1)N(Cc1cccc(Cl)c1)C(=O)CCCN1C(=O)c2ccccc2S1(=O)=O. The van der Waals surface area contributed by atoms with Crippen molar-refractivity contribution in [3.63, 3.8) is 0 Å². The summed E-state index contributed by atoms with van der Waals surface area (Å²) in [4.78, 5) is 41.7. The third-order valence-corrected chi connectivity index (χ3v) is 9.25. The average molecular weight is 596 g/mol. The van der Waals surface area contributed by atoms with E-state index in [0.29, 0.717) is 11.4 Å². The van der Waals surface area contributed by atoms with Gasteiger partial charge in [0, 0.05) is 37.0 Å². The first kappa shape index (κ1) is 30.3. The molecule has 2 atom stereocenters. The highest BCUT2D eigenvalue weighted by molar-refractivity contribution is 7.90. The van der Waals surface area contributed by atoms with Gasteiger partial charge in [0.05, 0.1) is 5.56 Å². The minimum Gasteiger partial charge on any atom is -0.352 e. The highest BCUT2D eigenvalue weighted by Gasteiger charge is 2.40. The number of hydrogen-bond acceptors (Lipinski definition) is 5. The van der Waals surface area contributed by atoms with Crippen molar-refractivity contribution in [3.05, 3.63) is 101 Å². The molecule has 0 spiro atoms. The van der Waals surface area contributed by atoms with Crippen LogP contribution in [-0.4, -0.2) is 54.0 Å². The molecule has 41 heavy (non-hydrogen) atoms. The van der Waals surface area contributed by atoms with Crippen molar-refractivity contribution in [2.45, 2.75) is 63.1 Å². The molecule has 216 valence electrons. The number of sulfonamides is 1. The molecule has 3 aromatic rings. The molecule has 8 nitrogen and oxygen atoms in total. The lowest BCUT2D eigenvalue weighted by Crippen LogP contribution is -2.52. The lowest BCUT2D eigenvalue weighted by molar-refractivity contribution is -0.141. The van der Waals surface area contributed by atoms with Gasteiger partial charge in [-0.1, -0.05) is 73.1 Å². The number of nitrogens with one attached hydrogen (secondary N) is 1. The van der Waals surface area contributed by atoms with Gasteiger partial charge in [0.25, 0.3) is 15.9 Å². The fourth-order valence-electron chi connectivity index (χ4n) is 4.80. The minimum absolute atomic E-state index is 0.0245. The van der Waals surface area contributed by atoms with E-state index in [0.717, 1.165) is 21.9 Å². The molecule has 0 aromatic heterocycles. The summed E-state index contributed by atoms with van der Waals surface area (Å²) in [6, 6.07) is 21.8. The van der Waals surface area contributed by atoms with Crippen molar-refractivity contribution in [1.29, 1.82) is 0 Å². The maximum atomic E-state index is 13.8. The molecule has 3 amide bonds. The third kappa shape index (κ3) is 7.15. The lowest BCUT2D eigenvalue weighted by atomic mass is 10.0. The number of carbonyl (C=O) groups excluding carboxylic acids is 3. The van der Waals surface area contributed by atoms with Crippen molar-refractivity contribution in [2.24, 2.45) is 0 Å². The molecule has 1 N–H and O–H groups in total. The molecule has 0 fully saturated rings. The molecule has 1 aliphatic rings. The van der Waals surface area contributed by atoms with Gasteiger partial charge in [0.2, 0.25) is 11.8 Å². The highest BCUT2D eigenvalue weighted by Crippen LogP contribution is 2.30. The predicted octanol–water partition coefficient (Wildman–Crippen LogP) is 4.82. The van der Waals surface area contributed by atoms with E-state index < -0.39 is 22.0 Å². The second-order valence-corrected chi connectivity index (χ2v) is 12.4. The van der Waals surface area contributed by atoms with Crippen LogP contribution in [-0.2, 0) is 32.6 Å². The molecular formula is C31H34ClN3O5S. The number of carbonyl (C=O) groups is 3. The van der Waals surface area contributed by atoms with Gasteiger partial charge in [-0.2, -0.15) is 0 Å². The highest BCUT2D eigenvalue weighted by atomic mass is 35.5. The monoisotopic (exact) mass is 595 g/mol. The van der Waals surface area contributed by atoms with E-state index in [9.17, 15) is 22.8 Å². The summed E-state index contributed by atoms with van der Waals surface area (Å²) in [5.41, 5.74) is 1.78. The van der Waals surface area contributed by atoms with E-state index >= 15 is 0 Å². The minimum atomic E-state index is -3.97. The Bertz CT molecular complexity index is 1510. The van der Waals surface area contributed by atoms with Crippen LogP contribution in [0.1, 0.15) is 54.6 Å². The number of hydrogen-bond donors (Lipinski definition) is 1. The Balaban J connectivity index is 1.57. The van der Waals surface area contributed by atoms with Gasteiger partial charge in [-0.25, -0.2) is 12.7 Å². The van der Waals surface area contributed by atoms with Crippen LogP contribution < -0.4 is 5.32 Å². The van der Waals surface area contributed by atoms with Crippen LogP contribution in [0.3, 0.4) is 0 Å². The molecule has 4 rings (SSSR count). The second-order valence-electron chi connectivity index (χ2n) is 10.2. The van der Waals surface area contributed by atoms with Crippen LogP contribution in [0.15, 0.2) is 83.8 Å². The third-order valence-electron chi connectivity index (χ3n) is 7.18. The quantitative estimate of drug-likeness (QED) is 0.323. The molecule has 3 aromatic carbocycles. The van der Waals surface area contributed by atoms with Crippen molar-refractivity contribution in [1.82, 2.24) is 14.5 Å². The van der Waals surface area contributed by atoms with E-state index in [1.54, 1.807) is 30.3 Å². The Morgan fingerprint density at radius 2 is 1.66 bits per heavy atom. The van der Waals surface area contributed by atoms with Gasteiger partial charge in [0.1, 0.15) is 10.9 Å². The number of benzene rings is 3. The molecule has 0 aliphatic carbocycles. The number of amides is 3. The van der Waals surface area contributed by atoms with Gasteiger partial charge in [-0.15, -0.1) is 0 Å². The van der Waals surface area contributed by atoms with E-state index in [1.165, 1.54) is 17.0 Å². The van der Waals surface area contributed by atoms with Gasteiger partial charge in [-0.05, 0) is 55.2 Å². The maximum absolute atomic E-state index is 13.8. The topological polar surface area (TPSA) is 104 Å². The number of nitrogens with zero attached hydrogens (tertiary/aromatic N) is 2. The number of halogens is 1. The summed E-state index contributed by atoms with van der Waals surface area (Å²) in [7, 11) is -3.97. The zero-order valence-electron chi connectivity index (χ0n) is 23.1. The van der Waals surface area contributed by atoms with Crippen molar-refractivity contribution in [2.75, 3.05) is 6.54 Å². The largest absolute Gasteiger partial charge is 0.352 e. The van der Waals surface area contributed by atoms with Crippen LogP contribution in [0.25, 0.3) is 0 Å². The summed E-state index contributed by atoms with van der Waals surface area (Å²) in [6.45, 7) is 3.87. The van der Waals surface area contributed by atoms with Crippen molar-refractivity contribution >= 4 is 39.3 Å². The smallest absolute Gasteiger partial charge is 0.269 e. The summed E-state index contributed by atoms with van der Waals surface area (Å²) in [6.07, 6.45) is 1.07. The Morgan fingerprint density at radius 3 is 2.34 bits per heavy atom. The van der Waals surface area contributed by atoms with Gasteiger partial charge >= 0.3 is 0 Å². The zero-order valence-corrected chi connectivity index (χ0v) is 24.7. The summed E-state index contributed by atoms with van der Waals surface area (Å²) >= 11 is 6.23. The Labute approximate surface area is 246 Å². The van der Waals surface area contributed by atoms with Crippen LogP contribution in [0.4, 0.5) is 0 Å². The summed E-state index contributed by atoms with van der Waals surface area (Å²) in [5.74, 6) is -1.20. The summed E-state index contributed by atoms with van der Waals surface area (Å²) < 4.78 is 26.7.